The smallest absolute Gasteiger partial charge is 0.262 e. The molecule has 0 radical (unpaired) electrons. The van der Waals surface area contributed by atoms with Crippen LogP contribution in [-0.4, -0.2) is 28.0 Å². The molecule has 1 amide bonds. The van der Waals surface area contributed by atoms with Crippen molar-refractivity contribution in [3.05, 3.63) is 59.4 Å². The number of rotatable bonds is 8. The molecule has 0 aliphatic heterocycles. The summed E-state index contributed by atoms with van der Waals surface area (Å²) in [5.41, 5.74) is 1.80. The highest BCUT2D eigenvalue weighted by atomic mass is 32.2. The van der Waals surface area contributed by atoms with Crippen molar-refractivity contribution < 1.29 is 27.2 Å². The minimum atomic E-state index is -4.01. The third-order valence-electron chi connectivity index (χ3n) is 3.73. The molecule has 0 unspecified atom stereocenters. The van der Waals surface area contributed by atoms with E-state index in [1.165, 1.54) is 7.11 Å². The van der Waals surface area contributed by atoms with Gasteiger partial charge in [0.15, 0.2) is 0 Å². The lowest BCUT2D eigenvalue weighted by Gasteiger charge is -2.18. The van der Waals surface area contributed by atoms with E-state index in [2.05, 4.69) is 5.32 Å². The highest BCUT2D eigenvalue weighted by Crippen LogP contribution is 2.25. The average molecular weight is 396 g/mol. The van der Waals surface area contributed by atoms with E-state index in [1.54, 1.807) is 13.0 Å². The first-order chi connectivity index (χ1) is 12.7. The van der Waals surface area contributed by atoms with E-state index < -0.39 is 28.4 Å². The van der Waals surface area contributed by atoms with Gasteiger partial charge < -0.3 is 10.1 Å². The van der Waals surface area contributed by atoms with E-state index in [9.17, 15) is 17.6 Å². The first kappa shape index (κ1) is 20.8. The Kier molecular flexibility index (Phi) is 6.89. The van der Waals surface area contributed by atoms with Crippen LogP contribution in [0.25, 0.3) is 0 Å². The zero-order chi connectivity index (χ0) is 20.0. The lowest BCUT2D eigenvalue weighted by Crippen LogP contribution is -2.34. The molecule has 2 rings (SSSR count). The maximum absolute atomic E-state index is 12.9. The molecule has 0 saturated heterocycles. The summed E-state index contributed by atoms with van der Waals surface area (Å²) in [5, 5.41) is 2.70. The molecule has 9 heteroatoms. The summed E-state index contributed by atoms with van der Waals surface area (Å²) in [6.45, 7) is 3.17. The highest BCUT2D eigenvalue weighted by Gasteiger charge is 2.17. The number of ether oxygens (including phenoxy) is 1. The van der Waals surface area contributed by atoms with E-state index in [1.807, 2.05) is 23.9 Å². The summed E-state index contributed by atoms with van der Waals surface area (Å²) in [7, 11) is -2.47. The van der Waals surface area contributed by atoms with Crippen LogP contribution in [-0.2, 0) is 19.7 Å². The lowest BCUT2D eigenvalue weighted by atomic mass is 10.0. The number of carbonyl (C=O) groups is 1. The quantitative estimate of drug-likeness (QED) is 0.668. The Labute approximate surface area is 157 Å². The fraction of sp³-hybridized carbons (Fsp3) is 0.278. The molecule has 0 aliphatic carbocycles. The molecule has 0 fully saturated rings. The van der Waals surface area contributed by atoms with Gasteiger partial charge in [0.1, 0.15) is 18.2 Å². The second-order valence-corrected chi connectivity index (χ2v) is 7.51. The predicted molar refractivity (Wildman–Crippen MR) is 97.0 cm³/mol. The number of aryl methyl sites for hydroxylation is 1. The third-order valence-corrected chi connectivity index (χ3v) is 4.96. The van der Waals surface area contributed by atoms with Gasteiger partial charge in [-0.25, -0.2) is 12.8 Å². The van der Waals surface area contributed by atoms with Gasteiger partial charge in [-0.3, -0.25) is 9.63 Å². The Balaban J connectivity index is 1.91. The Morgan fingerprint density at radius 3 is 2.48 bits per heavy atom. The van der Waals surface area contributed by atoms with Gasteiger partial charge in [0.2, 0.25) is 5.91 Å². The van der Waals surface area contributed by atoms with Crippen LogP contribution in [0.4, 0.5) is 4.39 Å². The average Bonchev–Trinajstić information content (AvgIpc) is 2.61. The summed E-state index contributed by atoms with van der Waals surface area (Å²) in [4.78, 5) is 18.5. The molecule has 2 aromatic rings. The fourth-order valence-electron chi connectivity index (χ4n) is 2.39. The van der Waals surface area contributed by atoms with E-state index in [-0.39, 0.29) is 10.9 Å². The molecule has 0 saturated carbocycles. The number of methoxy groups -OCH3 is 1. The topological polar surface area (TPSA) is 93.7 Å². The Bertz CT molecular complexity index is 900. The Morgan fingerprint density at radius 1 is 1.19 bits per heavy atom. The standard InChI is InChI=1S/C18H21FN2O5S/c1-12-4-9-17(25-3)16(10-12)13(2)20-18(22)11-26-21-27(23,24)15-7-5-14(19)6-8-15/h4-10,13,21H,11H2,1-3H3,(H,20,22)/t13-/m1/s1. The molecular weight excluding hydrogens is 375 g/mol. The van der Waals surface area contributed by atoms with Gasteiger partial charge in [-0.15, -0.1) is 0 Å². The summed E-state index contributed by atoms with van der Waals surface area (Å²) >= 11 is 0. The van der Waals surface area contributed by atoms with E-state index >= 15 is 0 Å². The van der Waals surface area contributed by atoms with Crippen LogP contribution in [0, 0.1) is 12.7 Å². The largest absolute Gasteiger partial charge is 0.496 e. The molecule has 0 bridgehead atoms. The molecule has 27 heavy (non-hydrogen) atoms. The number of benzene rings is 2. The van der Waals surface area contributed by atoms with E-state index in [4.69, 9.17) is 9.57 Å². The van der Waals surface area contributed by atoms with Gasteiger partial charge in [-0.2, -0.15) is 0 Å². The molecule has 0 aliphatic rings. The molecule has 0 aromatic heterocycles. The minimum absolute atomic E-state index is 0.179. The van der Waals surface area contributed by atoms with Gasteiger partial charge in [0, 0.05) is 5.56 Å². The van der Waals surface area contributed by atoms with Crippen molar-refractivity contribution in [2.75, 3.05) is 13.7 Å². The number of sulfonamides is 1. The van der Waals surface area contributed by atoms with Gasteiger partial charge in [0.05, 0.1) is 18.0 Å². The normalized spacial score (nSPS) is 12.4. The Morgan fingerprint density at radius 2 is 1.85 bits per heavy atom. The maximum Gasteiger partial charge on any atom is 0.262 e. The molecule has 0 heterocycles. The maximum atomic E-state index is 12.9. The van der Waals surface area contributed by atoms with Crippen LogP contribution in [0.2, 0.25) is 0 Å². The van der Waals surface area contributed by atoms with Gasteiger partial charge in [-0.1, -0.05) is 22.6 Å². The Hall–Kier alpha value is -2.49. The molecule has 2 N–H and O–H groups in total. The van der Waals surface area contributed by atoms with Crippen molar-refractivity contribution in [1.82, 2.24) is 10.2 Å². The second-order valence-electron chi connectivity index (χ2n) is 5.86. The van der Waals surface area contributed by atoms with Crippen molar-refractivity contribution in [1.29, 1.82) is 0 Å². The third kappa shape index (κ3) is 5.75. The monoisotopic (exact) mass is 396 g/mol. The molecule has 146 valence electrons. The molecule has 7 nitrogen and oxygen atoms in total. The van der Waals surface area contributed by atoms with Crippen LogP contribution >= 0.6 is 0 Å². The van der Waals surface area contributed by atoms with Crippen molar-refractivity contribution in [2.45, 2.75) is 24.8 Å². The van der Waals surface area contributed by atoms with Crippen molar-refractivity contribution in [3.8, 4) is 5.75 Å². The summed E-state index contributed by atoms with van der Waals surface area (Å²) in [5.74, 6) is -0.450. The summed E-state index contributed by atoms with van der Waals surface area (Å²) in [6, 6.07) is 9.42. The van der Waals surface area contributed by atoms with Crippen LogP contribution < -0.4 is 14.9 Å². The van der Waals surface area contributed by atoms with Gasteiger partial charge >= 0.3 is 0 Å². The zero-order valence-corrected chi connectivity index (χ0v) is 16.0. The number of halogens is 1. The molecule has 1 atom stereocenters. The first-order valence-electron chi connectivity index (χ1n) is 8.06. The molecule has 2 aromatic carbocycles. The van der Waals surface area contributed by atoms with E-state index in [0.717, 1.165) is 35.4 Å². The number of hydrogen-bond donors (Lipinski definition) is 2. The lowest BCUT2D eigenvalue weighted by molar-refractivity contribution is -0.127. The summed E-state index contributed by atoms with van der Waals surface area (Å²) in [6.07, 6.45) is 0. The molecular formula is C18H21FN2O5S. The van der Waals surface area contributed by atoms with E-state index in [0.29, 0.717) is 5.75 Å². The van der Waals surface area contributed by atoms with Crippen molar-refractivity contribution in [3.63, 3.8) is 0 Å². The van der Waals surface area contributed by atoms with Crippen LogP contribution in [0.5, 0.6) is 5.75 Å². The van der Waals surface area contributed by atoms with Crippen LogP contribution in [0.3, 0.4) is 0 Å². The second kappa shape index (κ2) is 8.94. The number of hydrogen-bond acceptors (Lipinski definition) is 5. The van der Waals surface area contributed by atoms with Crippen molar-refractivity contribution >= 4 is 15.9 Å². The number of nitrogens with one attached hydrogen (secondary N) is 2. The fourth-order valence-corrected chi connectivity index (χ4v) is 3.19. The van der Waals surface area contributed by atoms with Gasteiger partial charge in [-0.05, 0) is 44.2 Å². The first-order valence-corrected chi connectivity index (χ1v) is 9.54. The minimum Gasteiger partial charge on any atom is -0.496 e. The van der Waals surface area contributed by atoms with Crippen LogP contribution in [0.15, 0.2) is 47.4 Å². The van der Waals surface area contributed by atoms with Gasteiger partial charge in [0.25, 0.3) is 10.0 Å². The number of carbonyl (C=O) groups excluding carboxylic acids is 1. The zero-order valence-electron chi connectivity index (χ0n) is 15.2. The SMILES string of the molecule is COc1ccc(C)cc1[C@@H](C)NC(=O)CONS(=O)(=O)c1ccc(F)cc1. The molecule has 0 spiro atoms. The number of amides is 1. The van der Waals surface area contributed by atoms with Crippen molar-refractivity contribution in [2.24, 2.45) is 0 Å². The highest BCUT2D eigenvalue weighted by molar-refractivity contribution is 7.89. The van der Waals surface area contributed by atoms with Crippen LogP contribution in [0.1, 0.15) is 24.1 Å². The predicted octanol–water partition coefficient (Wildman–Crippen LogP) is 2.23. The summed E-state index contributed by atoms with van der Waals surface area (Å²) < 4.78 is 42.1.